The molecular weight excluding hydrogens is 202 g/mol. The van der Waals surface area contributed by atoms with Gasteiger partial charge in [0.2, 0.25) is 0 Å². The van der Waals surface area contributed by atoms with Crippen molar-refractivity contribution in [1.82, 2.24) is 4.90 Å². The second kappa shape index (κ2) is 5.67. The highest BCUT2D eigenvalue weighted by Crippen LogP contribution is 2.35. The van der Waals surface area contributed by atoms with Crippen LogP contribution in [-0.4, -0.2) is 37.1 Å². The van der Waals surface area contributed by atoms with Crippen molar-refractivity contribution >= 4 is 5.97 Å². The largest absolute Gasteiger partial charge is 0.469 e. The number of hydrogen-bond acceptors (Lipinski definition) is 3. The van der Waals surface area contributed by atoms with Gasteiger partial charge in [-0.25, -0.2) is 0 Å². The summed E-state index contributed by atoms with van der Waals surface area (Å²) in [7, 11) is 1.47. The van der Waals surface area contributed by atoms with Crippen molar-refractivity contribution in [1.29, 1.82) is 0 Å². The molecule has 0 aromatic heterocycles. The zero-order valence-electron chi connectivity index (χ0n) is 10.3. The van der Waals surface area contributed by atoms with E-state index in [1.807, 2.05) is 0 Å². The van der Waals surface area contributed by atoms with E-state index in [0.29, 0.717) is 6.42 Å². The third-order valence-electron chi connectivity index (χ3n) is 4.19. The summed E-state index contributed by atoms with van der Waals surface area (Å²) in [6, 6.07) is 0.757. The number of hydrogen-bond donors (Lipinski definition) is 0. The van der Waals surface area contributed by atoms with Gasteiger partial charge in [-0.2, -0.15) is 0 Å². The molecule has 2 aliphatic rings. The van der Waals surface area contributed by atoms with Gasteiger partial charge in [0.05, 0.1) is 13.5 Å². The Morgan fingerprint density at radius 2 is 2.00 bits per heavy atom. The van der Waals surface area contributed by atoms with Crippen LogP contribution in [0.4, 0.5) is 0 Å². The maximum atomic E-state index is 11.2. The van der Waals surface area contributed by atoms with Gasteiger partial charge in [-0.15, -0.1) is 0 Å². The highest BCUT2D eigenvalue weighted by molar-refractivity contribution is 5.69. The van der Waals surface area contributed by atoms with Crippen LogP contribution in [0.3, 0.4) is 0 Å². The fourth-order valence-corrected chi connectivity index (χ4v) is 3.34. The average Bonchev–Trinajstić information content (AvgIpc) is 2.35. The van der Waals surface area contributed by atoms with Gasteiger partial charge in [0.15, 0.2) is 0 Å². The van der Waals surface area contributed by atoms with Crippen LogP contribution in [0.15, 0.2) is 0 Å². The van der Waals surface area contributed by atoms with E-state index in [9.17, 15) is 4.79 Å². The molecular formula is C13H23NO2. The predicted octanol–water partition coefficient (Wildman–Crippen LogP) is 2.20. The molecule has 1 heterocycles. The van der Waals surface area contributed by atoms with Crippen LogP contribution in [0, 0.1) is 5.92 Å². The van der Waals surface area contributed by atoms with E-state index >= 15 is 0 Å². The van der Waals surface area contributed by atoms with Crippen molar-refractivity contribution in [3.8, 4) is 0 Å². The van der Waals surface area contributed by atoms with Gasteiger partial charge in [-0.1, -0.05) is 12.8 Å². The number of likely N-dealkylation sites (tertiary alicyclic amines) is 1. The van der Waals surface area contributed by atoms with E-state index in [1.54, 1.807) is 0 Å². The average molecular weight is 225 g/mol. The number of esters is 1. The first-order valence-electron chi connectivity index (χ1n) is 6.62. The molecule has 0 aromatic carbocycles. The van der Waals surface area contributed by atoms with E-state index in [1.165, 1.54) is 52.2 Å². The Balaban J connectivity index is 1.85. The molecule has 0 amide bonds. The van der Waals surface area contributed by atoms with Gasteiger partial charge in [0.25, 0.3) is 0 Å². The zero-order chi connectivity index (χ0) is 11.4. The lowest BCUT2D eigenvalue weighted by atomic mass is 9.78. The molecule has 16 heavy (non-hydrogen) atoms. The Kier molecular flexibility index (Phi) is 4.22. The van der Waals surface area contributed by atoms with E-state index in [4.69, 9.17) is 4.74 Å². The number of rotatable bonds is 3. The highest BCUT2D eigenvalue weighted by Gasteiger charge is 2.32. The summed E-state index contributed by atoms with van der Waals surface area (Å²) in [5.74, 6) is 0.832. The summed E-state index contributed by atoms with van der Waals surface area (Å²) in [5, 5.41) is 0. The number of piperidine rings is 1. The summed E-state index contributed by atoms with van der Waals surface area (Å²) in [6.07, 6.45) is 8.79. The van der Waals surface area contributed by atoms with Gasteiger partial charge in [-0.05, 0) is 38.1 Å². The number of ether oxygens (including phenoxy) is 1. The summed E-state index contributed by atoms with van der Waals surface area (Å²) in [6.45, 7) is 2.08. The highest BCUT2D eigenvalue weighted by atomic mass is 16.5. The standard InChI is InChI=1S/C13H23NO2/c1-16-13(15)8-10-14-9-4-6-11-5-2-3-7-12(11)14/h11-12H,2-10H2,1H3. The van der Waals surface area contributed by atoms with Crippen molar-refractivity contribution in [2.24, 2.45) is 5.92 Å². The van der Waals surface area contributed by atoms with E-state index in [2.05, 4.69) is 4.90 Å². The maximum Gasteiger partial charge on any atom is 0.306 e. The van der Waals surface area contributed by atoms with Crippen molar-refractivity contribution in [2.45, 2.75) is 51.0 Å². The lowest BCUT2D eigenvalue weighted by molar-refractivity contribution is -0.141. The number of fused-ring (bicyclic) bond motifs is 1. The molecule has 0 N–H and O–H groups in total. The molecule has 2 fully saturated rings. The van der Waals surface area contributed by atoms with Crippen molar-refractivity contribution < 1.29 is 9.53 Å². The number of nitrogens with zero attached hydrogens (tertiary/aromatic N) is 1. The predicted molar refractivity (Wildman–Crippen MR) is 63.2 cm³/mol. The molecule has 0 radical (unpaired) electrons. The Labute approximate surface area is 98.1 Å². The lowest BCUT2D eigenvalue weighted by Crippen LogP contribution is -2.47. The topological polar surface area (TPSA) is 29.5 Å². The smallest absolute Gasteiger partial charge is 0.306 e. The van der Waals surface area contributed by atoms with Crippen LogP contribution in [0.5, 0.6) is 0 Å². The second-order valence-electron chi connectivity index (χ2n) is 5.12. The van der Waals surface area contributed by atoms with E-state index in [0.717, 1.165) is 18.5 Å². The van der Waals surface area contributed by atoms with Crippen LogP contribution in [0.2, 0.25) is 0 Å². The van der Waals surface area contributed by atoms with Crippen LogP contribution < -0.4 is 0 Å². The van der Waals surface area contributed by atoms with Gasteiger partial charge >= 0.3 is 5.97 Å². The molecule has 0 spiro atoms. The maximum absolute atomic E-state index is 11.2. The quantitative estimate of drug-likeness (QED) is 0.690. The first-order chi connectivity index (χ1) is 7.81. The van der Waals surface area contributed by atoms with Gasteiger partial charge < -0.3 is 4.74 Å². The van der Waals surface area contributed by atoms with Gasteiger partial charge in [0, 0.05) is 12.6 Å². The third kappa shape index (κ3) is 2.76. The normalized spacial score (nSPS) is 30.8. The summed E-state index contributed by atoms with van der Waals surface area (Å²) >= 11 is 0. The molecule has 2 rings (SSSR count). The summed E-state index contributed by atoms with van der Waals surface area (Å²) in [5.41, 5.74) is 0. The summed E-state index contributed by atoms with van der Waals surface area (Å²) in [4.78, 5) is 13.7. The minimum atomic E-state index is -0.0714. The van der Waals surface area contributed by atoms with Crippen molar-refractivity contribution in [3.05, 3.63) is 0 Å². The third-order valence-corrected chi connectivity index (χ3v) is 4.19. The SMILES string of the molecule is COC(=O)CCN1CCCC2CCCCC21. The Morgan fingerprint density at radius 1 is 1.25 bits per heavy atom. The second-order valence-corrected chi connectivity index (χ2v) is 5.12. The van der Waals surface area contributed by atoms with Crippen LogP contribution in [-0.2, 0) is 9.53 Å². The fourth-order valence-electron chi connectivity index (χ4n) is 3.34. The zero-order valence-corrected chi connectivity index (χ0v) is 10.3. The molecule has 0 aromatic rings. The van der Waals surface area contributed by atoms with Crippen LogP contribution in [0.25, 0.3) is 0 Å². The molecule has 1 saturated carbocycles. The fraction of sp³-hybridized carbons (Fsp3) is 0.923. The Bertz CT molecular complexity index is 240. The summed E-state index contributed by atoms with van der Waals surface area (Å²) < 4.78 is 4.71. The first-order valence-corrected chi connectivity index (χ1v) is 6.62. The number of carbonyl (C=O) groups is 1. The van der Waals surface area contributed by atoms with Crippen molar-refractivity contribution in [3.63, 3.8) is 0 Å². The monoisotopic (exact) mass is 225 g/mol. The van der Waals surface area contributed by atoms with Gasteiger partial charge in [-0.3, -0.25) is 9.69 Å². The molecule has 1 aliphatic heterocycles. The molecule has 3 nitrogen and oxygen atoms in total. The molecule has 1 saturated heterocycles. The Morgan fingerprint density at radius 3 is 2.81 bits per heavy atom. The molecule has 3 heteroatoms. The minimum Gasteiger partial charge on any atom is -0.469 e. The van der Waals surface area contributed by atoms with Crippen LogP contribution >= 0.6 is 0 Å². The Hall–Kier alpha value is -0.570. The molecule has 92 valence electrons. The van der Waals surface area contributed by atoms with E-state index in [-0.39, 0.29) is 5.97 Å². The first kappa shape index (κ1) is 11.9. The van der Waals surface area contributed by atoms with Crippen LogP contribution in [0.1, 0.15) is 44.9 Å². The van der Waals surface area contributed by atoms with Gasteiger partial charge in [0.1, 0.15) is 0 Å². The molecule has 1 aliphatic carbocycles. The number of carbonyl (C=O) groups excluding carboxylic acids is 1. The van der Waals surface area contributed by atoms with Crippen molar-refractivity contribution in [2.75, 3.05) is 20.2 Å². The van der Waals surface area contributed by atoms with E-state index < -0.39 is 0 Å². The molecule has 2 unspecified atom stereocenters. The number of methoxy groups -OCH3 is 1. The lowest BCUT2D eigenvalue weighted by Gasteiger charge is -2.44. The molecule has 2 atom stereocenters. The molecule has 0 bridgehead atoms. The minimum absolute atomic E-state index is 0.0714.